The summed E-state index contributed by atoms with van der Waals surface area (Å²) in [6.07, 6.45) is 3.89. The van der Waals surface area contributed by atoms with Crippen molar-refractivity contribution in [1.29, 1.82) is 0 Å². The molecule has 0 amide bonds. The summed E-state index contributed by atoms with van der Waals surface area (Å²) in [6.45, 7) is 5.57. The maximum absolute atomic E-state index is 5.92. The standard InChI is InChI=1S/C15H24N2O/c1-11-8-14(11)15-6-5-13(18-15)9-16-12-4-3-7-17(2)10-12/h5-6,11-12,14,16H,3-4,7-10H2,1-2H3. The van der Waals surface area contributed by atoms with E-state index in [9.17, 15) is 0 Å². The van der Waals surface area contributed by atoms with Crippen molar-refractivity contribution in [3.63, 3.8) is 0 Å². The van der Waals surface area contributed by atoms with Gasteiger partial charge in [-0.05, 0) is 50.9 Å². The molecule has 3 heteroatoms. The molecule has 0 bridgehead atoms. The molecule has 1 aromatic rings. The topological polar surface area (TPSA) is 28.4 Å². The van der Waals surface area contributed by atoms with Crippen LogP contribution in [-0.4, -0.2) is 31.1 Å². The smallest absolute Gasteiger partial charge is 0.117 e. The van der Waals surface area contributed by atoms with Gasteiger partial charge in [-0.3, -0.25) is 0 Å². The second kappa shape index (κ2) is 5.06. The molecule has 18 heavy (non-hydrogen) atoms. The van der Waals surface area contributed by atoms with Crippen molar-refractivity contribution in [1.82, 2.24) is 10.2 Å². The Balaban J connectivity index is 1.49. The first-order valence-electron chi connectivity index (χ1n) is 7.23. The Morgan fingerprint density at radius 2 is 2.28 bits per heavy atom. The Hall–Kier alpha value is -0.800. The van der Waals surface area contributed by atoms with Gasteiger partial charge in [-0.25, -0.2) is 0 Å². The average molecular weight is 248 g/mol. The molecule has 1 saturated heterocycles. The molecule has 0 radical (unpaired) electrons. The van der Waals surface area contributed by atoms with Crippen LogP contribution in [0.5, 0.6) is 0 Å². The highest BCUT2D eigenvalue weighted by molar-refractivity contribution is 5.17. The van der Waals surface area contributed by atoms with Gasteiger partial charge in [0, 0.05) is 18.5 Å². The molecule has 1 aliphatic heterocycles. The highest BCUT2D eigenvalue weighted by Crippen LogP contribution is 2.47. The summed E-state index contributed by atoms with van der Waals surface area (Å²) >= 11 is 0. The first kappa shape index (κ1) is 12.2. The van der Waals surface area contributed by atoms with Crippen LogP contribution in [0.4, 0.5) is 0 Å². The number of rotatable bonds is 4. The molecule has 1 saturated carbocycles. The van der Waals surface area contributed by atoms with Crippen molar-refractivity contribution in [3.05, 3.63) is 23.7 Å². The van der Waals surface area contributed by atoms with E-state index in [4.69, 9.17) is 4.42 Å². The highest BCUT2D eigenvalue weighted by Gasteiger charge is 2.36. The zero-order valence-corrected chi connectivity index (χ0v) is 11.5. The van der Waals surface area contributed by atoms with E-state index < -0.39 is 0 Å². The zero-order chi connectivity index (χ0) is 12.5. The van der Waals surface area contributed by atoms with E-state index in [0.29, 0.717) is 12.0 Å². The summed E-state index contributed by atoms with van der Waals surface area (Å²) in [6, 6.07) is 4.93. The van der Waals surface area contributed by atoms with Crippen LogP contribution >= 0.6 is 0 Å². The van der Waals surface area contributed by atoms with Crippen LogP contribution in [0, 0.1) is 5.92 Å². The van der Waals surface area contributed by atoms with E-state index in [1.807, 2.05) is 0 Å². The monoisotopic (exact) mass is 248 g/mol. The minimum atomic E-state index is 0.622. The fourth-order valence-corrected chi connectivity index (χ4v) is 2.99. The summed E-state index contributed by atoms with van der Waals surface area (Å²) < 4.78 is 5.92. The minimum Gasteiger partial charge on any atom is -0.464 e. The first-order chi connectivity index (χ1) is 8.72. The van der Waals surface area contributed by atoms with Gasteiger partial charge in [0.2, 0.25) is 0 Å². The van der Waals surface area contributed by atoms with Gasteiger partial charge in [0.05, 0.1) is 6.54 Å². The Morgan fingerprint density at radius 3 is 3.00 bits per heavy atom. The van der Waals surface area contributed by atoms with Gasteiger partial charge in [0.25, 0.3) is 0 Å². The largest absolute Gasteiger partial charge is 0.464 e. The fraction of sp³-hybridized carbons (Fsp3) is 0.733. The molecule has 2 fully saturated rings. The lowest BCUT2D eigenvalue weighted by molar-refractivity contribution is 0.223. The van der Waals surface area contributed by atoms with Crippen molar-refractivity contribution >= 4 is 0 Å². The maximum Gasteiger partial charge on any atom is 0.117 e. The second-order valence-corrected chi connectivity index (χ2v) is 6.11. The molecule has 2 heterocycles. The number of piperidine rings is 1. The van der Waals surface area contributed by atoms with Crippen LogP contribution in [0.2, 0.25) is 0 Å². The van der Waals surface area contributed by atoms with Gasteiger partial charge in [0.15, 0.2) is 0 Å². The van der Waals surface area contributed by atoms with Gasteiger partial charge in [0.1, 0.15) is 11.5 Å². The van der Waals surface area contributed by atoms with Crippen LogP contribution < -0.4 is 5.32 Å². The molecule has 3 rings (SSSR count). The van der Waals surface area contributed by atoms with Crippen LogP contribution in [0.3, 0.4) is 0 Å². The molecule has 100 valence electrons. The molecule has 0 aromatic carbocycles. The molecule has 3 atom stereocenters. The molecular weight excluding hydrogens is 224 g/mol. The fourth-order valence-electron chi connectivity index (χ4n) is 2.99. The predicted octanol–water partition coefficient (Wildman–Crippen LogP) is 2.59. The molecular formula is C15H24N2O. The molecule has 1 aliphatic carbocycles. The predicted molar refractivity (Wildman–Crippen MR) is 72.6 cm³/mol. The quantitative estimate of drug-likeness (QED) is 0.888. The lowest BCUT2D eigenvalue weighted by Gasteiger charge is -2.30. The van der Waals surface area contributed by atoms with Crippen molar-refractivity contribution in [3.8, 4) is 0 Å². The Labute approximate surface area is 110 Å². The van der Waals surface area contributed by atoms with Crippen molar-refractivity contribution < 1.29 is 4.42 Å². The van der Waals surface area contributed by atoms with Crippen molar-refractivity contribution in [2.45, 2.75) is 44.7 Å². The third-order valence-electron chi connectivity index (χ3n) is 4.35. The number of hydrogen-bond donors (Lipinski definition) is 1. The Morgan fingerprint density at radius 1 is 1.44 bits per heavy atom. The molecule has 1 aromatic heterocycles. The Kier molecular flexibility index (Phi) is 3.44. The van der Waals surface area contributed by atoms with E-state index in [0.717, 1.165) is 24.8 Å². The lowest BCUT2D eigenvalue weighted by atomic mass is 10.1. The van der Waals surface area contributed by atoms with Gasteiger partial charge in [-0.2, -0.15) is 0 Å². The van der Waals surface area contributed by atoms with E-state index in [1.54, 1.807) is 0 Å². The third-order valence-corrected chi connectivity index (χ3v) is 4.35. The molecule has 3 unspecified atom stereocenters. The van der Waals surface area contributed by atoms with Crippen LogP contribution in [-0.2, 0) is 6.54 Å². The van der Waals surface area contributed by atoms with Crippen LogP contribution in [0.25, 0.3) is 0 Å². The summed E-state index contributed by atoms with van der Waals surface area (Å²) in [7, 11) is 2.20. The summed E-state index contributed by atoms with van der Waals surface area (Å²) in [5.74, 6) is 3.81. The van der Waals surface area contributed by atoms with Crippen LogP contribution in [0.1, 0.15) is 43.6 Å². The summed E-state index contributed by atoms with van der Waals surface area (Å²) in [5.41, 5.74) is 0. The van der Waals surface area contributed by atoms with E-state index >= 15 is 0 Å². The van der Waals surface area contributed by atoms with E-state index in [1.165, 1.54) is 31.6 Å². The first-order valence-corrected chi connectivity index (χ1v) is 7.23. The van der Waals surface area contributed by atoms with Crippen LogP contribution in [0.15, 0.2) is 16.5 Å². The number of hydrogen-bond acceptors (Lipinski definition) is 3. The molecule has 2 aliphatic rings. The third kappa shape index (κ3) is 2.78. The number of nitrogens with one attached hydrogen (secondary N) is 1. The number of nitrogens with zero attached hydrogens (tertiary/aromatic N) is 1. The number of furan rings is 1. The SMILES string of the molecule is CC1CC1c1ccc(CNC2CCCN(C)C2)o1. The lowest BCUT2D eigenvalue weighted by Crippen LogP contribution is -2.43. The highest BCUT2D eigenvalue weighted by atomic mass is 16.3. The van der Waals surface area contributed by atoms with Gasteiger partial charge in [-0.15, -0.1) is 0 Å². The van der Waals surface area contributed by atoms with Gasteiger partial charge >= 0.3 is 0 Å². The van der Waals surface area contributed by atoms with Crippen molar-refractivity contribution in [2.75, 3.05) is 20.1 Å². The Bertz CT molecular complexity index is 401. The van der Waals surface area contributed by atoms with Gasteiger partial charge < -0.3 is 14.6 Å². The van der Waals surface area contributed by atoms with E-state index in [-0.39, 0.29) is 0 Å². The summed E-state index contributed by atoms with van der Waals surface area (Å²) in [4.78, 5) is 2.40. The van der Waals surface area contributed by atoms with E-state index in [2.05, 4.69) is 36.3 Å². The number of likely N-dealkylation sites (tertiary alicyclic amines) is 1. The van der Waals surface area contributed by atoms with Gasteiger partial charge in [-0.1, -0.05) is 6.92 Å². The number of likely N-dealkylation sites (N-methyl/N-ethyl adjacent to an activating group) is 1. The summed E-state index contributed by atoms with van der Waals surface area (Å²) in [5, 5.41) is 3.62. The van der Waals surface area contributed by atoms with Crippen molar-refractivity contribution in [2.24, 2.45) is 5.92 Å². The average Bonchev–Trinajstić information content (AvgIpc) is 2.91. The minimum absolute atomic E-state index is 0.622. The normalized spacial score (nSPS) is 32.7. The maximum atomic E-state index is 5.92. The molecule has 1 N–H and O–H groups in total. The second-order valence-electron chi connectivity index (χ2n) is 6.11. The molecule has 3 nitrogen and oxygen atoms in total. The zero-order valence-electron chi connectivity index (χ0n) is 11.5. The molecule has 0 spiro atoms.